The van der Waals surface area contributed by atoms with E-state index >= 15 is 0 Å². The third kappa shape index (κ3) is 4.85. The summed E-state index contributed by atoms with van der Waals surface area (Å²) in [7, 11) is -3.52. The highest BCUT2D eigenvalue weighted by Crippen LogP contribution is 2.26. The van der Waals surface area contributed by atoms with Crippen molar-refractivity contribution in [3.8, 4) is 0 Å². The Balaban J connectivity index is 2.21. The number of rotatable bonds is 8. The Bertz CT molecular complexity index is 728. The summed E-state index contributed by atoms with van der Waals surface area (Å²) in [6, 6.07) is 0. The third-order valence-corrected chi connectivity index (χ3v) is 4.44. The SMILES string of the molecule is CCOCOC1CCCn2c1nc(C)c(CCOS(C)(=O)=O)c2=O. The van der Waals surface area contributed by atoms with Gasteiger partial charge in [0.2, 0.25) is 0 Å². The maximum atomic E-state index is 12.7. The van der Waals surface area contributed by atoms with E-state index in [-0.39, 0.29) is 31.5 Å². The molecule has 1 aromatic rings. The summed E-state index contributed by atoms with van der Waals surface area (Å²) in [5, 5.41) is 0. The van der Waals surface area contributed by atoms with E-state index in [4.69, 9.17) is 13.7 Å². The molecule has 0 amide bonds. The van der Waals surface area contributed by atoms with Gasteiger partial charge in [-0.05, 0) is 26.7 Å². The van der Waals surface area contributed by atoms with Gasteiger partial charge in [-0.2, -0.15) is 8.42 Å². The first-order valence-corrected chi connectivity index (χ1v) is 9.79. The van der Waals surface area contributed by atoms with Crippen LogP contribution in [-0.2, 0) is 36.7 Å². The van der Waals surface area contributed by atoms with E-state index in [2.05, 4.69) is 4.98 Å². The molecule has 0 bridgehead atoms. The smallest absolute Gasteiger partial charge is 0.264 e. The monoisotopic (exact) mass is 360 g/mol. The van der Waals surface area contributed by atoms with Crippen LogP contribution in [0.3, 0.4) is 0 Å². The lowest BCUT2D eigenvalue weighted by Gasteiger charge is -2.27. The van der Waals surface area contributed by atoms with E-state index in [1.54, 1.807) is 11.5 Å². The third-order valence-electron chi connectivity index (χ3n) is 3.84. The molecule has 1 aliphatic rings. The zero-order valence-electron chi connectivity index (χ0n) is 14.3. The van der Waals surface area contributed by atoms with Gasteiger partial charge in [0.1, 0.15) is 18.7 Å². The van der Waals surface area contributed by atoms with Crippen molar-refractivity contribution in [2.24, 2.45) is 0 Å². The van der Waals surface area contributed by atoms with E-state index in [0.717, 1.165) is 19.1 Å². The van der Waals surface area contributed by atoms with Gasteiger partial charge in [-0.15, -0.1) is 0 Å². The Kier molecular flexibility index (Phi) is 6.50. The highest BCUT2D eigenvalue weighted by atomic mass is 32.2. The van der Waals surface area contributed by atoms with E-state index in [1.165, 1.54) is 0 Å². The molecular formula is C15H24N2O6S. The van der Waals surface area contributed by atoms with E-state index in [9.17, 15) is 13.2 Å². The Morgan fingerprint density at radius 2 is 2.12 bits per heavy atom. The first-order valence-electron chi connectivity index (χ1n) is 7.97. The molecule has 1 unspecified atom stereocenters. The van der Waals surface area contributed by atoms with Crippen LogP contribution >= 0.6 is 0 Å². The molecule has 0 N–H and O–H groups in total. The van der Waals surface area contributed by atoms with Crippen molar-refractivity contribution in [3.05, 3.63) is 27.4 Å². The molecule has 0 aromatic carbocycles. The lowest BCUT2D eigenvalue weighted by atomic mass is 10.1. The van der Waals surface area contributed by atoms with Gasteiger partial charge < -0.3 is 9.47 Å². The fourth-order valence-corrected chi connectivity index (χ4v) is 3.09. The van der Waals surface area contributed by atoms with Crippen LogP contribution in [0.15, 0.2) is 4.79 Å². The number of aryl methyl sites for hydroxylation is 1. The molecule has 0 saturated heterocycles. The first kappa shape index (κ1) is 19.0. The molecule has 8 nitrogen and oxygen atoms in total. The second-order valence-corrected chi connectivity index (χ2v) is 7.32. The standard InChI is InChI=1S/C15H24N2O6S/c1-4-21-10-22-13-6-5-8-17-14(13)16-11(2)12(15(17)18)7-9-23-24(3,19)20/h13H,4-10H2,1-3H3. The van der Waals surface area contributed by atoms with Crippen LogP contribution in [0.1, 0.15) is 43.0 Å². The average Bonchev–Trinajstić information content (AvgIpc) is 2.50. The lowest BCUT2D eigenvalue weighted by Crippen LogP contribution is -2.35. The Labute approximate surface area is 141 Å². The lowest BCUT2D eigenvalue weighted by molar-refractivity contribution is -0.0978. The second-order valence-electron chi connectivity index (χ2n) is 5.68. The van der Waals surface area contributed by atoms with Crippen LogP contribution in [0.2, 0.25) is 0 Å². The normalized spacial score (nSPS) is 17.7. The fourth-order valence-electron chi connectivity index (χ4n) is 2.70. The van der Waals surface area contributed by atoms with Gasteiger partial charge in [0.15, 0.2) is 0 Å². The zero-order chi connectivity index (χ0) is 17.7. The topological polar surface area (TPSA) is 96.7 Å². The summed E-state index contributed by atoms with van der Waals surface area (Å²) in [5.74, 6) is 0.608. The van der Waals surface area contributed by atoms with Gasteiger partial charge in [-0.1, -0.05) is 0 Å². The minimum absolute atomic E-state index is 0.0692. The van der Waals surface area contributed by atoms with Crippen molar-refractivity contribution in [1.82, 2.24) is 9.55 Å². The Morgan fingerprint density at radius 1 is 1.38 bits per heavy atom. The average molecular weight is 360 g/mol. The van der Waals surface area contributed by atoms with Crippen LogP contribution < -0.4 is 5.56 Å². The van der Waals surface area contributed by atoms with Crippen molar-refractivity contribution in [2.75, 3.05) is 26.3 Å². The van der Waals surface area contributed by atoms with Crippen molar-refractivity contribution < 1.29 is 22.1 Å². The fraction of sp³-hybridized carbons (Fsp3) is 0.733. The summed E-state index contributed by atoms with van der Waals surface area (Å²) in [5.41, 5.74) is 0.905. The maximum Gasteiger partial charge on any atom is 0.264 e. The molecule has 0 radical (unpaired) electrons. The number of hydrogen-bond donors (Lipinski definition) is 0. The molecule has 9 heteroatoms. The predicted octanol–water partition coefficient (Wildman–Crippen LogP) is 0.916. The highest BCUT2D eigenvalue weighted by molar-refractivity contribution is 7.85. The van der Waals surface area contributed by atoms with Gasteiger partial charge in [-0.25, -0.2) is 4.98 Å². The minimum atomic E-state index is -3.52. The molecule has 24 heavy (non-hydrogen) atoms. The molecule has 0 saturated carbocycles. The van der Waals surface area contributed by atoms with Crippen LogP contribution in [0.4, 0.5) is 0 Å². The molecule has 2 heterocycles. The van der Waals surface area contributed by atoms with Gasteiger partial charge in [-0.3, -0.25) is 13.5 Å². The Hall–Kier alpha value is -1.29. The molecule has 1 aliphatic heterocycles. The quantitative estimate of drug-likeness (QED) is 0.386. The number of nitrogens with zero attached hydrogens (tertiary/aromatic N) is 2. The predicted molar refractivity (Wildman–Crippen MR) is 87.3 cm³/mol. The van der Waals surface area contributed by atoms with E-state index < -0.39 is 10.1 Å². The van der Waals surface area contributed by atoms with Crippen molar-refractivity contribution in [1.29, 1.82) is 0 Å². The molecule has 1 aromatic heterocycles. The molecule has 0 spiro atoms. The Morgan fingerprint density at radius 3 is 2.79 bits per heavy atom. The summed E-state index contributed by atoms with van der Waals surface area (Å²) in [4.78, 5) is 17.2. The zero-order valence-corrected chi connectivity index (χ0v) is 15.1. The molecule has 0 fully saturated rings. The summed E-state index contributed by atoms with van der Waals surface area (Å²) >= 11 is 0. The van der Waals surface area contributed by atoms with Gasteiger partial charge in [0.05, 0.1) is 12.9 Å². The van der Waals surface area contributed by atoms with Crippen LogP contribution in [0.25, 0.3) is 0 Å². The summed E-state index contributed by atoms with van der Waals surface area (Å²) < 4.78 is 39.3. The molecule has 0 aliphatic carbocycles. The van der Waals surface area contributed by atoms with Crippen LogP contribution in [0.5, 0.6) is 0 Å². The minimum Gasteiger partial charge on any atom is -0.356 e. The maximum absolute atomic E-state index is 12.7. The molecule has 2 rings (SSSR count). The van der Waals surface area contributed by atoms with Crippen molar-refractivity contribution in [3.63, 3.8) is 0 Å². The summed E-state index contributed by atoms with van der Waals surface area (Å²) in [6.07, 6.45) is 2.52. The van der Waals surface area contributed by atoms with Crippen LogP contribution in [0, 0.1) is 6.92 Å². The van der Waals surface area contributed by atoms with Gasteiger partial charge in [0.25, 0.3) is 15.7 Å². The number of hydrogen-bond acceptors (Lipinski definition) is 7. The summed E-state index contributed by atoms with van der Waals surface area (Å²) in [6.45, 7) is 4.86. The van der Waals surface area contributed by atoms with Gasteiger partial charge >= 0.3 is 0 Å². The second kappa shape index (κ2) is 8.19. The largest absolute Gasteiger partial charge is 0.356 e. The van der Waals surface area contributed by atoms with Crippen LogP contribution in [-0.4, -0.2) is 44.2 Å². The first-order chi connectivity index (χ1) is 11.3. The van der Waals surface area contributed by atoms with E-state index in [1.807, 2.05) is 6.92 Å². The van der Waals surface area contributed by atoms with Crippen molar-refractivity contribution >= 4 is 10.1 Å². The molecule has 136 valence electrons. The molecule has 1 atom stereocenters. The molecular weight excluding hydrogens is 336 g/mol. The van der Waals surface area contributed by atoms with Crippen molar-refractivity contribution in [2.45, 2.75) is 45.8 Å². The van der Waals surface area contributed by atoms with Gasteiger partial charge in [0, 0.05) is 30.8 Å². The highest BCUT2D eigenvalue weighted by Gasteiger charge is 2.25. The van der Waals surface area contributed by atoms with E-state index in [0.29, 0.717) is 30.2 Å². The number of ether oxygens (including phenoxy) is 2. The number of aromatic nitrogens is 2. The number of fused-ring (bicyclic) bond motifs is 1.